The summed E-state index contributed by atoms with van der Waals surface area (Å²) in [6.07, 6.45) is 1.74. The van der Waals surface area contributed by atoms with Gasteiger partial charge in [0.05, 0.1) is 5.54 Å². The van der Waals surface area contributed by atoms with Crippen molar-refractivity contribution < 1.29 is 17.6 Å². The molecule has 2 aromatic heterocycles. The zero-order chi connectivity index (χ0) is 16.5. The fraction of sp³-hybridized carbons (Fsp3) is 0.385. The molecule has 0 radical (unpaired) electrons. The molecule has 0 unspecified atom stereocenters. The minimum absolute atomic E-state index is 0.112. The van der Waals surface area contributed by atoms with Crippen molar-refractivity contribution in [3.63, 3.8) is 0 Å². The van der Waals surface area contributed by atoms with E-state index in [0.717, 1.165) is 0 Å². The molecule has 2 aromatic rings. The summed E-state index contributed by atoms with van der Waals surface area (Å²) in [6.45, 7) is 5.94. The van der Waals surface area contributed by atoms with E-state index < -0.39 is 15.9 Å². The normalized spacial score (nSPS) is 12.4. The first kappa shape index (κ1) is 16.2. The first-order valence-corrected chi connectivity index (χ1v) is 8.03. The van der Waals surface area contributed by atoms with Crippen LogP contribution in [0.1, 0.15) is 31.3 Å². The molecule has 0 aromatic carbocycles. The molecule has 2 heterocycles. The molecule has 9 heteroatoms. The highest BCUT2D eigenvalue weighted by Crippen LogP contribution is 2.17. The SMILES string of the molecule is CNS(=O)(=O)c1ccc(C(=O)Nc2ccn(C(C)(C)C)n2)o1. The van der Waals surface area contributed by atoms with Crippen LogP contribution in [0.5, 0.6) is 0 Å². The maximum atomic E-state index is 12.0. The van der Waals surface area contributed by atoms with E-state index in [2.05, 4.69) is 15.1 Å². The summed E-state index contributed by atoms with van der Waals surface area (Å²) in [5, 5.41) is 6.47. The molecule has 0 saturated heterocycles. The molecule has 120 valence electrons. The summed E-state index contributed by atoms with van der Waals surface area (Å²) in [5.41, 5.74) is -0.207. The van der Waals surface area contributed by atoms with Crippen molar-refractivity contribution >= 4 is 21.7 Å². The summed E-state index contributed by atoms with van der Waals surface area (Å²) in [5.74, 6) is -0.329. The third kappa shape index (κ3) is 3.37. The first-order chi connectivity index (χ1) is 10.1. The Morgan fingerprint density at radius 1 is 1.27 bits per heavy atom. The largest absolute Gasteiger partial charge is 0.438 e. The van der Waals surface area contributed by atoms with Crippen molar-refractivity contribution in [3.05, 3.63) is 30.2 Å². The van der Waals surface area contributed by atoms with Crippen LogP contribution in [0.4, 0.5) is 5.82 Å². The van der Waals surface area contributed by atoms with E-state index in [0.29, 0.717) is 5.82 Å². The lowest BCUT2D eigenvalue weighted by molar-refractivity contribution is 0.0991. The quantitative estimate of drug-likeness (QED) is 0.883. The molecule has 0 spiro atoms. The van der Waals surface area contributed by atoms with Crippen LogP contribution in [0, 0.1) is 0 Å². The Labute approximate surface area is 128 Å². The van der Waals surface area contributed by atoms with Crippen LogP contribution in [-0.2, 0) is 15.6 Å². The molecule has 0 aliphatic rings. The van der Waals surface area contributed by atoms with Gasteiger partial charge in [-0.1, -0.05) is 0 Å². The van der Waals surface area contributed by atoms with Gasteiger partial charge in [-0.15, -0.1) is 0 Å². The minimum Gasteiger partial charge on any atom is -0.438 e. The number of hydrogen-bond acceptors (Lipinski definition) is 5. The molecule has 0 atom stereocenters. The number of rotatable bonds is 4. The molecule has 0 fully saturated rings. The minimum atomic E-state index is -3.72. The number of furan rings is 1. The molecular weight excluding hydrogens is 308 g/mol. The van der Waals surface area contributed by atoms with E-state index >= 15 is 0 Å². The van der Waals surface area contributed by atoms with Gasteiger partial charge in [0.25, 0.3) is 15.9 Å². The van der Waals surface area contributed by atoms with Gasteiger partial charge in [-0.25, -0.2) is 13.1 Å². The molecule has 2 rings (SSSR count). The van der Waals surface area contributed by atoms with Gasteiger partial charge >= 0.3 is 0 Å². The number of hydrogen-bond donors (Lipinski definition) is 2. The molecule has 0 aliphatic carbocycles. The van der Waals surface area contributed by atoms with Gasteiger partial charge in [0.15, 0.2) is 11.6 Å². The van der Waals surface area contributed by atoms with Crippen LogP contribution in [0.15, 0.2) is 33.9 Å². The second-order valence-corrected chi connectivity index (χ2v) is 7.41. The predicted molar refractivity (Wildman–Crippen MR) is 80.1 cm³/mol. The lowest BCUT2D eigenvalue weighted by atomic mass is 10.1. The number of nitrogens with zero attached hydrogens (tertiary/aromatic N) is 2. The Kier molecular flexibility index (Phi) is 4.12. The lowest BCUT2D eigenvalue weighted by Gasteiger charge is -2.18. The lowest BCUT2D eigenvalue weighted by Crippen LogP contribution is -2.22. The molecule has 8 nitrogen and oxygen atoms in total. The standard InChI is InChI=1S/C13H18N4O4S/c1-13(2,3)17-8-7-10(16-17)15-12(18)9-5-6-11(21-9)22(19,20)14-4/h5-8,14H,1-4H3,(H,15,16,18). The Balaban J connectivity index is 2.15. The van der Waals surface area contributed by atoms with Crippen molar-refractivity contribution in [2.24, 2.45) is 0 Å². The van der Waals surface area contributed by atoms with Gasteiger partial charge in [-0.05, 0) is 40.0 Å². The van der Waals surface area contributed by atoms with Gasteiger partial charge in [0, 0.05) is 12.3 Å². The first-order valence-electron chi connectivity index (χ1n) is 6.54. The maximum Gasteiger partial charge on any atom is 0.292 e. The fourth-order valence-electron chi connectivity index (χ4n) is 1.63. The molecular formula is C13H18N4O4S. The molecule has 22 heavy (non-hydrogen) atoms. The average molecular weight is 326 g/mol. The summed E-state index contributed by atoms with van der Waals surface area (Å²) in [7, 11) is -2.45. The summed E-state index contributed by atoms with van der Waals surface area (Å²) in [6, 6.07) is 4.16. The zero-order valence-electron chi connectivity index (χ0n) is 12.7. The number of nitrogens with one attached hydrogen (secondary N) is 2. The molecule has 0 bridgehead atoms. The highest BCUT2D eigenvalue weighted by atomic mass is 32.2. The van der Waals surface area contributed by atoms with Crippen molar-refractivity contribution in [1.29, 1.82) is 0 Å². The molecule has 1 amide bonds. The third-order valence-electron chi connectivity index (χ3n) is 2.86. The number of sulfonamides is 1. The van der Waals surface area contributed by atoms with Crippen molar-refractivity contribution in [3.8, 4) is 0 Å². The Bertz CT molecular complexity index is 783. The van der Waals surface area contributed by atoms with Crippen LogP contribution < -0.4 is 10.0 Å². The predicted octanol–water partition coefficient (Wildman–Crippen LogP) is 1.39. The monoisotopic (exact) mass is 326 g/mol. The van der Waals surface area contributed by atoms with E-state index in [9.17, 15) is 13.2 Å². The van der Waals surface area contributed by atoms with E-state index in [1.807, 2.05) is 20.8 Å². The van der Waals surface area contributed by atoms with Gasteiger partial charge in [-0.2, -0.15) is 5.10 Å². The number of amides is 1. The molecule has 2 N–H and O–H groups in total. The van der Waals surface area contributed by atoms with Gasteiger partial charge < -0.3 is 9.73 Å². The Morgan fingerprint density at radius 2 is 1.95 bits per heavy atom. The molecule has 0 saturated carbocycles. The topological polar surface area (TPSA) is 106 Å². The van der Waals surface area contributed by atoms with Gasteiger partial charge in [0.2, 0.25) is 5.09 Å². The second kappa shape index (κ2) is 5.58. The Hall–Kier alpha value is -2.13. The van der Waals surface area contributed by atoms with Crippen LogP contribution in [0.3, 0.4) is 0 Å². The van der Waals surface area contributed by atoms with Crippen LogP contribution >= 0.6 is 0 Å². The van der Waals surface area contributed by atoms with E-state index in [1.165, 1.54) is 19.2 Å². The molecule has 0 aliphatic heterocycles. The number of carbonyl (C=O) groups is 1. The number of carbonyl (C=O) groups excluding carboxylic acids is 1. The highest BCUT2D eigenvalue weighted by molar-refractivity contribution is 7.89. The fourth-order valence-corrected chi connectivity index (χ4v) is 2.28. The van der Waals surface area contributed by atoms with Crippen LogP contribution in [0.2, 0.25) is 0 Å². The smallest absolute Gasteiger partial charge is 0.292 e. The van der Waals surface area contributed by atoms with Crippen molar-refractivity contribution in [1.82, 2.24) is 14.5 Å². The number of aromatic nitrogens is 2. The highest BCUT2D eigenvalue weighted by Gasteiger charge is 2.20. The third-order valence-corrected chi connectivity index (χ3v) is 4.14. The van der Waals surface area contributed by atoms with E-state index in [-0.39, 0.29) is 16.4 Å². The van der Waals surface area contributed by atoms with Crippen LogP contribution in [0.25, 0.3) is 0 Å². The Morgan fingerprint density at radius 3 is 2.50 bits per heavy atom. The van der Waals surface area contributed by atoms with E-state index in [4.69, 9.17) is 4.42 Å². The summed E-state index contributed by atoms with van der Waals surface area (Å²) >= 11 is 0. The number of anilines is 1. The summed E-state index contributed by atoms with van der Waals surface area (Å²) < 4.78 is 32.0. The van der Waals surface area contributed by atoms with E-state index in [1.54, 1.807) is 16.9 Å². The average Bonchev–Trinajstić information content (AvgIpc) is 3.06. The zero-order valence-corrected chi connectivity index (χ0v) is 13.6. The maximum absolute atomic E-state index is 12.0. The van der Waals surface area contributed by atoms with Crippen LogP contribution in [-0.4, -0.2) is 31.2 Å². The van der Waals surface area contributed by atoms with Gasteiger partial charge in [0.1, 0.15) is 0 Å². The van der Waals surface area contributed by atoms with Gasteiger partial charge in [-0.3, -0.25) is 9.48 Å². The van der Waals surface area contributed by atoms with Crippen molar-refractivity contribution in [2.75, 3.05) is 12.4 Å². The summed E-state index contributed by atoms with van der Waals surface area (Å²) in [4.78, 5) is 12.0. The second-order valence-electron chi connectivity index (χ2n) is 5.60. The van der Waals surface area contributed by atoms with Crippen molar-refractivity contribution in [2.45, 2.75) is 31.4 Å².